The maximum absolute atomic E-state index is 12.1. The molecule has 0 radical (unpaired) electrons. The number of carbonyl (C=O) groups excluding carboxylic acids is 2. The average molecular weight is 395 g/mol. The van der Waals surface area contributed by atoms with Gasteiger partial charge in [0.15, 0.2) is 6.61 Å². The number of hydrogen-bond acceptors (Lipinski definition) is 7. The highest BCUT2D eigenvalue weighted by Crippen LogP contribution is 2.29. The summed E-state index contributed by atoms with van der Waals surface area (Å²) < 4.78 is 15.0. The van der Waals surface area contributed by atoms with E-state index in [0.29, 0.717) is 5.02 Å². The number of nitrogens with one attached hydrogen (secondary N) is 1. The van der Waals surface area contributed by atoms with Crippen LogP contribution < -0.4 is 14.8 Å². The molecule has 0 saturated heterocycles. The highest BCUT2D eigenvalue weighted by atomic mass is 35.5. The number of methoxy groups -OCH3 is 2. The number of nitro benzene ring substituents is 1. The average Bonchev–Trinajstić information content (AvgIpc) is 2.65. The predicted octanol–water partition coefficient (Wildman–Crippen LogP) is 3.06. The van der Waals surface area contributed by atoms with Crippen molar-refractivity contribution in [2.45, 2.75) is 0 Å². The fraction of sp³-hybridized carbons (Fsp3) is 0.176. The fourth-order valence-corrected chi connectivity index (χ4v) is 2.31. The number of anilines is 1. The van der Waals surface area contributed by atoms with Crippen LogP contribution in [0.4, 0.5) is 11.4 Å². The highest BCUT2D eigenvalue weighted by Gasteiger charge is 2.18. The van der Waals surface area contributed by atoms with E-state index in [2.05, 4.69) is 5.32 Å². The smallest absolute Gasteiger partial charge is 0.342 e. The van der Waals surface area contributed by atoms with Crippen LogP contribution in [0.1, 0.15) is 10.4 Å². The first kappa shape index (κ1) is 20.0. The maximum Gasteiger partial charge on any atom is 0.342 e. The Morgan fingerprint density at radius 1 is 1.11 bits per heavy atom. The molecule has 0 fully saturated rings. The van der Waals surface area contributed by atoms with Gasteiger partial charge < -0.3 is 19.5 Å². The van der Waals surface area contributed by atoms with Gasteiger partial charge >= 0.3 is 5.97 Å². The SMILES string of the molecule is COc1ccc([N+](=O)[O-])cc1NC(=O)COC(=O)c1cc(Cl)ccc1OC. The molecule has 0 atom stereocenters. The number of non-ortho nitro benzene ring substituents is 1. The van der Waals surface area contributed by atoms with Crippen LogP contribution in [-0.2, 0) is 9.53 Å². The zero-order valence-electron chi connectivity index (χ0n) is 14.4. The molecule has 27 heavy (non-hydrogen) atoms. The molecular weight excluding hydrogens is 380 g/mol. The molecule has 9 nitrogen and oxygen atoms in total. The van der Waals surface area contributed by atoms with E-state index in [9.17, 15) is 19.7 Å². The lowest BCUT2D eigenvalue weighted by molar-refractivity contribution is -0.384. The standard InChI is InChI=1S/C17H15ClN2O7/c1-25-14-5-3-10(18)7-12(14)17(22)27-9-16(21)19-13-8-11(20(23)24)4-6-15(13)26-2/h3-8H,9H2,1-2H3,(H,19,21). The largest absolute Gasteiger partial charge is 0.496 e. The first-order chi connectivity index (χ1) is 12.8. The predicted molar refractivity (Wildman–Crippen MR) is 96.6 cm³/mol. The number of esters is 1. The normalized spacial score (nSPS) is 10.0. The van der Waals surface area contributed by atoms with Gasteiger partial charge in [0.05, 0.1) is 24.8 Å². The van der Waals surface area contributed by atoms with Crippen molar-refractivity contribution < 1.29 is 28.7 Å². The van der Waals surface area contributed by atoms with Crippen molar-refractivity contribution in [1.29, 1.82) is 0 Å². The number of nitro groups is 1. The Balaban J connectivity index is 2.07. The second kappa shape index (κ2) is 8.86. The molecule has 0 unspecified atom stereocenters. The lowest BCUT2D eigenvalue weighted by Crippen LogP contribution is -2.21. The summed E-state index contributed by atoms with van der Waals surface area (Å²) >= 11 is 5.85. The van der Waals surface area contributed by atoms with Gasteiger partial charge in [-0.25, -0.2) is 4.79 Å². The first-order valence-corrected chi connectivity index (χ1v) is 7.86. The fourth-order valence-electron chi connectivity index (χ4n) is 2.14. The minimum absolute atomic E-state index is 0.0609. The molecule has 2 aromatic carbocycles. The van der Waals surface area contributed by atoms with Crippen molar-refractivity contribution in [3.8, 4) is 11.5 Å². The summed E-state index contributed by atoms with van der Waals surface area (Å²) in [6, 6.07) is 8.10. The quantitative estimate of drug-likeness (QED) is 0.435. The summed E-state index contributed by atoms with van der Waals surface area (Å²) in [5, 5.41) is 13.6. The highest BCUT2D eigenvalue weighted by molar-refractivity contribution is 6.31. The molecule has 0 bridgehead atoms. The van der Waals surface area contributed by atoms with E-state index in [1.165, 1.54) is 38.5 Å². The van der Waals surface area contributed by atoms with E-state index in [-0.39, 0.29) is 28.4 Å². The molecule has 2 aromatic rings. The van der Waals surface area contributed by atoms with Gasteiger partial charge in [-0.2, -0.15) is 0 Å². The van der Waals surface area contributed by atoms with E-state index in [1.807, 2.05) is 0 Å². The Kier molecular flexibility index (Phi) is 6.56. The zero-order chi connectivity index (χ0) is 20.0. The number of amides is 1. The summed E-state index contributed by atoms with van der Waals surface area (Å²) in [7, 11) is 2.73. The third-order valence-corrected chi connectivity index (χ3v) is 3.62. The van der Waals surface area contributed by atoms with Gasteiger partial charge in [0, 0.05) is 17.2 Å². The summed E-state index contributed by atoms with van der Waals surface area (Å²) in [5.74, 6) is -1.06. The molecule has 0 aliphatic carbocycles. The number of halogens is 1. The molecule has 0 aromatic heterocycles. The van der Waals surface area contributed by atoms with Crippen LogP contribution in [0.5, 0.6) is 11.5 Å². The summed E-state index contributed by atoms with van der Waals surface area (Å²) in [6.07, 6.45) is 0. The summed E-state index contributed by atoms with van der Waals surface area (Å²) in [4.78, 5) is 34.4. The zero-order valence-corrected chi connectivity index (χ0v) is 15.1. The molecule has 142 valence electrons. The van der Waals surface area contributed by atoms with E-state index >= 15 is 0 Å². The van der Waals surface area contributed by atoms with Gasteiger partial charge in [-0.3, -0.25) is 14.9 Å². The van der Waals surface area contributed by atoms with Crippen molar-refractivity contribution in [2.75, 3.05) is 26.1 Å². The minimum atomic E-state index is -0.810. The van der Waals surface area contributed by atoms with E-state index < -0.39 is 23.4 Å². The number of benzene rings is 2. The summed E-state index contributed by atoms with van der Waals surface area (Å²) in [6.45, 7) is -0.625. The van der Waals surface area contributed by atoms with Crippen LogP contribution in [0.25, 0.3) is 0 Å². The molecule has 2 rings (SSSR count). The van der Waals surface area contributed by atoms with Gasteiger partial charge in [0.25, 0.3) is 11.6 Å². The lowest BCUT2D eigenvalue weighted by Gasteiger charge is -2.11. The molecule has 0 aliphatic rings. The Morgan fingerprint density at radius 3 is 2.41 bits per heavy atom. The van der Waals surface area contributed by atoms with Crippen LogP contribution >= 0.6 is 11.6 Å². The molecule has 10 heteroatoms. The van der Waals surface area contributed by atoms with Gasteiger partial charge in [0.1, 0.15) is 17.1 Å². The van der Waals surface area contributed by atoms with Gasteiger partial charge in [-0.05, 0) is 24.3 Å². The van der Waals surface area contributed by atoms with Crippen molar-refractivity contribution in [1.82, 2.24) is 0 Å². The second-order valence-corrected chi connectivity index (χ2v) is 5.55. The minimum Gasteiger partial charge on any atom is -0.496 e. The molecule has 0 heterocycles. The van der Waals surface area contributed by atoms with Crippen LogP contribution in [0, 0.1) is 10.1 Å². The molecule has 1 N–H and O–H groups in total. The number of hydrogen-bond donors (Lipinski definition) is 1. The third-order valence-electron chi connectivity index (χ3n) is 3.38. The number of rotatable bonds is 7. The first-order valence-electron chi connectivity index (χ1n) is 7.48. The van der Waals surface area contributed by atoms with E-state index in [4.69, 9.17) is 25.8 Å². The maximum atomic E-state index is 12.1. The number of carbonyl (C=O) groups is 2. The van der Waals surface area contributed by atoms with Crippen LogP contribution in [0.15, 0.2) is 36.4 Å². The van der Waals surface area contributed by atoms with Crippen LogP contribution in [0.3, 0.4) is 0 Å². The molecular formula is C17H15ClN2O7. The lowest BCUT2D eigenvalue weighted by atomic mass is 10.2. The Hall–Kier alpha value is -3.33. The Morgan fingerprint density at radius 2 is 1.78 bits per heavy atom. The number of ether oxygens (including phenoxy) is 3. The van der Waals surface area contributed by atoms with Crippen LogP contribution in [-0.4, -0.2) is 37.6 Å². The molecule has 0 saturated carbocycles. The van der Waals surface area contributed by atoms with Crippen molar-refractivity contribution >= 4 is 34.9 Å². The number of nitrogens with zero attached hydrogens (tertiary/aromatic N) is 1. The Labute approximate surface area is 158 Å². The second-order valence-electron chi connectivity index (χ2n) is 5.11. The molecule has 0 aliphatic heterocycles. The van der Waals surface area contributed by atoms with Gasteiger partial charge in [0.2, 0.25) is 0 Å². The van der Waals surface area contributed by atoms with Crippen LogP contribution in [0.2, 0.25) is 5.02 Å². The van der Waals surface area contributed by atoms with E-state index in [0.717, 1.165) is 6.07 Å². The van der Waals surface area contributed by atoms with E-state index in [1.54, 1.807) is 6.07 Å². The molecule has 0 spiro atoms. The van der Waals surface area contributed by atoms with Gasteiger partial charge in [-0.15, -0.1) is 0 Å². The molecule has 1 amide bonds. The van der Waals surface area contributed by atoms with Crippen molar-refractivity contribution in [3.63, 3.8) is 0 Å². The van der Waals surface area contributed by atoms with Crippen molar-refractivity contribution in [2.24, 2.45) is 0 Å². The summed E-state index contributed by atoms with van der Waals surface area (Å²) in [5.41, 5.74) is -0.0921. The van der Waals surface area contributed by atoms with Gasteiger partial charge in [-0.1, -0.05) is 11.6 Å². The monoisotopic (exact) mass is 394 g/mol. The topological polar surface area (TPSA) is 117 Å². The Bertz CT molecular complexity index is 886. The third kappa shape index (κ3) is 5.08. The van der Waals surface area contributed by atoms with Crippen molar-refractivity contribution in [3.05, 3.63) is 57.1 Å².